The van der Waals surface area contributed by atoms with Gasteiger partial charge in [-0.05, 0) is 5.56 Å². The Morgan fingerprint density at radius 1 is 1.20 bits per heavy atom. The molecule has 20 heavy (non-hydrogen) atoms. The van der Waals surface area contributed by atoms with E-state index in [1.54, 1.807) is 37.3 Å². The molecule has 0 atom stereocenters. The molecule has 0 amide bonds. The first-order valence-corrected chi connectivity index (χ1v) is 5.77. The Kier molecular flexibility index (Phi) is 6.02. The summed E-state index contributed by atoms with van der Waals surface area (Å²) in [5.41, 5.74) is 3.63. The number of aliphatic imine (C=N–C) groups is 1. The summed E-state index contributed by atoms with van der Waals surface area (Å²) in [6.45, 7) is 0. The normalized spacial score (nSPS) is 10.5. The van der Waals surface area contributed by atoms with E-state index in [1.807, 2.05) is 30.3 Å². The summed E-state index contributed by atoms with van der Waals surface area (Å²) >= 11 is 0. The fourth-order valence-electron chi connectivity index (χ4n) is 1.16. The van der Waals surface area contributed by atoms with Crippen LogP contribution < -0.4 is 5.43 Å². The topological polar surface area (TPSA) is 87.6 Å². The van der Waals surface area contributed by atoms with Crippen LogP contribution in [-0.4, -0.2) is 31.2 Å². The molecular weight excluding hydrogens is 252 g/mol. The first-order chi connectivity index (χ1) is 9.67. The maximum atomic E-state index is 8.63. The minimum Gasteiger partial charge on any atom is -0.347 e. The van der Waals surface area contributed by atoms with Crippen molar-refractivity contribution in [1.82, 2.24) is 10.3 Å². The number of rotatable bonds is 3. The van der Waals surface area contributed by atoms with Crippen LogP contribution >= 0.6 is 0 Å². The average molecular weight is 266 g/mol. The molecule has 0 bridgehead atoms. The fourth-order valence-corrected chi connectivity index (χ4v) is 1.16. The fraction of sp³-hybridized carbons (Fsp3) is 0.143. The molecule has 0 unspecified atom stereocenters. The van der Waals surface area contributed by atoms with E-state index in [1.165, 1.54) is 6.20 Å². The molecule has 1 N–H and O–H groups in total. The lowest BCUT2D eigenvalue weighted by molar-refractivity contribution is 0.590. The smallest absolute Gasteiger partial charge is 0.218 e. The summed E-state index contributed by atoms with van der Waals surface area (Å²) in [5, 5.41) is 21.3. The van der Waals surface area contributed by atoms with Crippen LogP contribution in [-0.2, 0) is 0 Å². The van der Waals surface area contributed by atoms with Crippen LogP contribution in [0.25, 0.3) is 0 Å². The van der Waals surface area contributed by atoms with Crippen molar-refractivity contribution in [2.45, 2.75) is 0 Å². The minimum atomic E-state index is -0.0711. The van der Waals surface area contributed by atoms with Crippen molar-refractivity contribution in [2.24, 2.45) is 10.1 Å². The van der Waals surface area contributed by atoms with Gasteiger partial charge in [-0.2, -0.15) is 15.6 Å². The minimum absolute atomic E-state index is 0.0711. The third-order valence-electron chi connectivity index (χ3n) is 2.16. The SMILES string of the molecule is CN(C)C(=NC=C(C#N)C#N)N/N=C/c1ccccc1. The zero-order valence-electron chi connectivity index (χ0n) is 11.3. The molecule has 1 rings (SSSR count). The number of allylic oxidation sites excluding steroid dienone is 1. The first-order valence-electron chi connectivity index (χ1n) is 5.77. The highest BCUT2D eigenvalue weighted by Crippen LogP contribution is 1.94. The van der Waals surface area contributed by atoms with Gasteiger partial charge in [-0.15, -0.1) is 0 Å². The summed E-state index contributed by atoms with van der Waals surface area (Å²) < 4.78 is 0. The van der Waals surface area contributed by atoms with Gasteiger partial charge in [0.1, 0.15) is 17.7 Å². The Hall–Kier alpha value is -3.12. The Bertz CT molecular complexity index is 583. The van der Waals surface area contributed by atoms with Crippen molar-refractivity contribution in [3.05, 3.63) is 47.7 Å². The largest absolute Gasteiger partial charge is 0.347 e. The van der Waals surface area contributed by atoms with Gasteiger partial charge in [-0.25, -0.2) is 10.4 Å². The second kappa shape index (κ2) is 8.06. The van der Waals surface area contributed by atoms with E-state index < -0.39 is 0 Å². The van der Waals surface area contributed by atoms with E-state index in [9.17, 15) is 0 Å². The van der Waals surface area contributed by atoms with Crippen LogP contribution in [0.4, 0.5) is 0 Å². The van der Waals surface area contributed by atoms with E-state index in [0.717, 1.165) is 5.56 Å². The van der Waals surface area contributed by atoms with Gasteiger partial charge >= 0.3 is 0 Å². The standard InChI is InChI=1S/C14H14N6/c1-20(2)14(17-10-13(8-15)9-16)19-18-11-12-6-4-3-5-7-12/h3-7,10-11H,1-2H3,(H,17,19)/b18-11+. The second-order valence-electron chi connectivity index (χ2n) is 3.89. The Morgan fingerprint density at radius 3 is 2.40 bits per heavy atom. The van der Waals surface area contributed by atoms with Crippen LogP contribution in [0, 0.1) is 22.7 Å². The molecule has 100 valence electrons. The number of nitrogens with zero attached hydrogens (tertiary/aromatic N) is 5. The predicted molar refractivity (Wildman–Crippen MR) is 77.6 cm³/mol. The van der Waals surface area contributed by atoms with E-state index in [2.05, 4.69) is 15.5 Å². The zero-order chi connectivity index (χ0) is 14.8. The Labute approximate surface area is 118 Å². The van der Waals surface area contributed by atoms with Gasteiger partial charge in [-0.3, -0.25) is 0 Å². The lowest BCUT2D eigenvalue weighted by Crippen LogP contribution is -2.32. The zero-order valence-corrected chi connectivity index (χ0v) is 11.3. The highest BCUT2D eigenvalue weighted by Gasteiger charge is 1.99. The van der Waals surface area contributed by atoms with E-state index in [-0.39, 0.29) is 5.57 Å². The van der Waals surface area contributed by atoms with Gasteiger partial charge in [0.15, 0.2) is 0 Å². The van der Waals surface area contributed by atoms with E-state index in [4.69, 9.17) is 10.5 Å². The second-order valence-corrected chi connectivity index (χ2v) is 3.89. The number of nitrogens with one attached hydrogen (secondary N) is 1. The third kappa shape index (κ3) is 5.03. The molecule has 0 spiro atoms. The molecule has 0 fully saturated rings. The van der Waals surface area contributed by atoms with Crippen molar-refractivity contribution in [3.8, 4) is 12.1 Å². The van der Waals surface area contributed by atoms with Crippen molar-refractivity contribution in [1.29, 1.82) is 10.5 Å². The summed E-state index contributed by atoms with van der Waals surface area (Å²) in [5.74, 6) is 0.417. The van der Waals surface area contributed by atoms with Crippen LogP contribution in [0.2, 0.25) is 0 Å². The molecule has 0 heterocycles. The van der Waals surface area contributed by atoms with Gasteiger partial charge in [0, 0.05) is 14.1 Å². The molecule has 0 radical (unpaired) electrons. The summed E-state index contributed by atoms with van der Waals surface area (Å²) in [6, 6.07) is 13.1. The van der Waals surface area contributed by atoms with E-state index in [0.29, 0.717) is 5.96 Å². The van der Waals surface area contributed by atoms with Crippen molar-refractivity contribution in [3.63, 3.8) is 0 Å². The van der Waals surface area contributed by atoms with E-state index >= 15 is 0 Å². The van der Waals surface area contributed by atoms with Gasteiger partial charge in [-0.1, -0.05) is 30.3 Å². The quantitative estimate of drug-likeness (QED) is 0.388. The molecule has 6 heteroatoms. The first kappa shape index (κ1) is 14.9. The number of hydrogen-bond acceptors (Lipinski definition) is 4. The lowest BCUT2D eigenvalue weighted by Gasteiger charge is -2.13. The van der Waals surface area contributed by atoms with Crippen molar-refractivity contribution >= 4 is 12.2 Å². The highest BCUT2D eigenvalue weighted by molar-refractivity contribution is 5.84. The lowest BCUT2D eigenvalue weighted by atomic mass is 10.2. The number of hydrazone groups is 1. The van der Waals surface area contributed by atoms with Crippen LogP contribution in [0.1, 0.15) is 5.56 Å². The maximum absolute atomic E-state index is 8.63. The van der Waals surface area contributed by atoms with Crippen LogP contribution in [0.15, 0.2) is 52.2 Å². The molecule has 6 nitrogen and oxygen atoms in total. The van der Waals surface area contributed by atoms with Crippen LogP contribution in [0.5, 0.6) is 0 Å². The number of guanidine groups is 1. The Balaban J connectivity index is 2.77. The van der Waals surface area contributed by atoms with Crippen molar-refractivity contribution in [2.75, 3.05) is 14.1 Å². The average Bonchev–Trinajstić information content (AvgIpc) is 2.47. The number of nitriles is 2. The molecule has 0 aliphatic rings. The van der Waals surface area contributed by atoms with Gasteiger partial charge in [0.2, 0.25) is 5.96 Å². The third-order valence-corrected chi connectivity index (χ3v) is 2.16. The highest BCUT2D eigenvalue weighted by atomic mass is 15.4. The predicted octanol–water partition coefficient (Wildman–Crippen LogP) is 1.46. The summed E-state index contributed by atoms with van der Waals surface area (Å²) in [7, 11) is 3.55. The Morgan fingerprint density at radius 2 is 1.85 bits per heavy atom. The van der Waals surface area contributed by atoms with Gasteiger partial charge in [0.05, 0.1) is 12.4 Å². The summed E-state index contributed by atoms with van der Waals surface area (Å²) in [6.07, 6.45) is 2.85. The maximum Gasteiger partial charge on any atom is 0.218 e. The summed E-state index contributed by atoms with van der Waals surface area (Å²) in [4.78, 5) is 5.69. The molecule has 0 aliphatic heterocycles. The molecule has 1 aromatic rings. The van der Waals surface area contributed by atoms with Crippen LogP contribution in [0.3, 0.4) is 0 Å². The van der Waals surface area contributed by atoms with Gasteiger partial charge in [0.25, 0.3) is 0 Å². The van der Waals surface area contributed by atoms with Crippen molar-refractivity contribution < 1.29 is 0 Å². The number of benzene rings is 1. The van der Waals surface area contributed by atoms with Gasteiger partial charge < -0.3 is 4.90 Å². The molecule has 0 saturated carbocycles. The molecule has 0 saturated heterocycles. The molecule has 1 aromatic carbocycles. The molecule has 0 aromatic heterocycles. The monoisotopic (exact) mass is 266 g/mol. The molecule has 0 aliphatic carbocycles. The molecular formula is C14H14N6. The number of hydrogen-bond donors (Lipinski definition) is 1.